The van der Waals surface area contributed by atoms with Gasteiger partial charge >= 0.3 is 0 Å². The van der Waals surface area contributed by atoms with Gasteiger partial charge in [-0.25, -0.2) is 0 Å². The van der Waals surface area contributed by atoms with Gasteiger partial charge in [0.2, 0.25) is 11.8 Å². The predicted molar refractivity (Wildman–Crippen MR) is 282 cm³/mol. The number of nitrogens with one attached hydrogen (secondary N) is 2. The highest BCUT2D eigenvalue weighted by atomic mass is 33.1. The van der Waals surface area contributed by atoms with Crippen LogP contribution in [-0.2, 0) is 35.6 Å². The lowest BCUT2D eigenvalue weighted by atomic mass is 10.0. The van der Waals surface area contributed by atoms with E-state index in [4.69, 9.17) is 24.2 Å². The molecular formula is C55H58N6O7S2. The minimum atomic E-state index is -0.197. The molecule has 1 unspecified atom stereocenters. The van der Waals surface area contributed by atoms with Crippen LogP contribution in [0.1, 0.15) is 101 Å². The summed E-state index contributed by atoms with van der Waals surface area (Å²) in [5.74, 6) is 1.09. The summed E-state index contributed by atoms with van der Waals surface area (Å²) < 4.78 is 18.7. The van der Waals surface area contributed by atoms with Crippen LogP contribution in [0.3, 0.4) is 0 Å². The smallest absolute Gasteiger partial charge is 0.261 e. The third-order valence-corrected chi connectivity index (χ3v) is 17.0. The van der Waals surface area contributed by atoms with Crippen molar-refractivity contribution in [2.45, 2.75) is 108 Å². The minimum absolute atomic E-state index is 0.0492. The molecule has 0 aromatic heterocycles. The summed E-state index contributed by atoms with van der Waals surface area (Å²) in [5, 5.41) is 6.14. The van der Waals surface area contributed by atoms with Crippen LogP contribution in [0.25, 0.3) is 0 Å². The van der Waals surface area contributed by atoms with Gasteiger partial charge in [-0.05, 0) is 110 Å². The maximum atomic E-state index is 14.1. The minimum Gasteiger partial charge on any atom is -0.493 e. The molecule has 0 bridgehead atoms. The van der Waals surface area contributed by atoms with E-state index in [1.54, 1.807) is 52.8 Å². The number of amides is 4. The number of para-hydroxylation sites is 2. The second kappa shape index (κ2) is 20.8. The molecule has 4 heterocycles. The number of rotatable bonds is 18. The van der Waals surface area contributed by atoms with Crippen molar-refractivity contribution in [2.75, 3.05) is 29.3 Å². The summed E-state index contributed by atoms with van der Waals surface area (Å²) >= 11 is 0. The highest BCUT2D eigenvalue weighted by Gasteiger charge is 2.38. The van der Waals surface area contributed by atoms with Gasteiger partial charge in [0.15, 0.2) is 11.5 Å². The van der Waals surface area contributed by atoms with Crippen LogP contribution >= 0.6 is 21.6 Å². The highest BCUT2D eigenvalue weighted by Crippen LogP contribution is 2.44. The third kappa shape index (κ3) is 10.6. The van der Waals surface area contributed by atoms with Crippen LogP contribution in [-0.4, -0.2) is 72.3 Å². The Hall–Kier alpha value is -6.58. The molecule has 13 nitrogen and oxygen atoms in total. The quantitative estimate of drug-likeness (QED) is 0.0818. The summed E-state index contributed by atoms with van der Waals surface area (Å²) in [4.78, 5) is 66.6. The monoisotopic (exact) mass is 978 g/mol. The van der Waals surface area contributed by atoms with Crippen LogP contribution < -0.4 is 34.6 Å². The van der Waals surface area contributed by atoms with E-state index in [2.05, 4.69) is 37.5 Å². The van der Waals surface area contributed by atoms with E-state index in [1.165, 1.54) is 0 Å². The van der Waals surface area contributed by atoms with Crippen molar-refractivity contribution in [2.24, 2.45) is 9.98 Å². The Balaban J connectivity index is 0.915. The number of aliphatic imine (C=N–C) groups is 2. The van der Waals surface area contributed by atoms with Crippen LogP contribution in [0, 0.1) is 6.92 Å². The predicted octanol–water partition coefficient (Wildman–Crippen LogP) is 10.9. The van der Waals surface area contributed by atoms with Crippen molar-refractivity contribution in [3.8, 4) is 17.2 Å². The first-order valence-corrected chi connectivity index (χ1v) is 26.0. The molecule has 3 atom stereocenters. The van der Waals surface area contributed by atoms with Crippen LogP contribution in [0.15, 0.2) is 101 Å². The van der Waals surface area contributed by atoms with Crippen LogP contribution in [0.2, 0.25) is 0 Å². The van der Waals surface area contributed by atoms with E-state index in [-0.39, 0.29) is 53.7 Å². The molecule has 0 fully saturated rings. The summed E-state index contributed by atoms with van der Waals surface area (Å²) in [6.45, 7) is 8.69. The van der Waals surface area contributed by atoms with Crippen molar-refractivity contribution in [1.29, 1.82) is 0 Å². The van der Waals surface area contributed by atoms with Gasteiger partial charge in [-0.2, -0.15) is 0 Å². The molecule has 0 saturated carbocycles. The van der Waals surface area contributed by atoms with E-state index < -0.39 is 0 Å². The van der Waals surface area contributed by atoms with Gasteiger partial charge in [-0.3, -0.25) is 39.0 Å². The van der Waals surface area contributed by atoms with E-state index >= 15 is 0 Å². The molecule has 4 aliphatic heterocycles. The highest BCUT2D eigenvalue weighted by molar-refractivity contribution is 8.77. The van der Waals surface area contributed by atoms with Crippen molar-refractivity contribution in [3.05, 3.63) is 130 Å². The topological polar surface area (TPSA) is 151 Å². The number of benzene rings is 5. The standard InChI is InChI=1S/C55H58N6O7S2/c1-33-20-42-44(57-29-40-24-37-12-7-9-14-46(37)60(40)53(42)64)27-48(33)67-31-35-21-36(23-39(22-35)59-52(63)16-11-19-55(3,4)70-69-34(2)17-18-51(62)56-5)32-68-50-28-45-43(26-49(50)66-6)54(65)61-41(30-58-45)25-38-13-8-10-15-47(38)61/h7-10,12-15,20-23,26-30,34,40-41H,11,16-19,24-25,31-32H2,1-6H3,(H,56,62)(H,59,63)/t34?,40-,41-/m0/s1. The SMILES string of the molecule is CNC(=O)CCC(C)SSC(C)(C)CCCC(=O)Nc1cc(COc2cc3c(cc2C)C(=O)N2c4ccccc4C[C@H]2C=N3)cc(COc2cc3c(cc2OC)C(=O)N2c4ccccc4C[C@H]2C=N3)c1. The lowest BCUT2D eigenvalue weighted by Gasteiger charge is -2.24. The molecule has 2 N–H and O–H groups in total. The molecule has 5 aromatic carbocycles. The second-order valence-electron chi connectivity index (χ2n) is 18.8. The largest absolute Gasteiger partial charge is 0.493 e. The lowest BCUT2D eigenvalue weighted by molar-refractivity contribution is -0.120. The van der Waals surface area contributed by atoms with Crippen LogP contribution in [0.5, 0.6) is 17.2 Å². The summed E-state index contributed by atoms with van der Waals surface area (Å²) in [6.07, 6.45) is 8.24. The molecule has 0 saturated heterocycles. The van der Waals surface area contributed by atoms with E-state index in [0.717, 1.165) is 52.0 Å². The Morgan fingerprint density at radius 1 is 0.757 bits per heavy atom. The van der Waals surface area contributed by atoms with Gasteiger partial charge in [0.25, 0.3) is 11.8 Å². The van der Waals surface area contributed by atoms with Gasteiger partial charge in [-0.15, -0.1) is 0 Å². The maximum absolute atomic E-state index is 14.1. The number of anilines is 3. The molecule has 15 heteroatoms. The fourth-order valence-corrected chi connectivity index (χ4v) is 12.1. The number of carbonyl (C=O) groups excluding carboxylic acids is 4. The van der Waals surface area contributed by atoms with Gasteiger partial charge in [0, 0.05) is 84.4 Å². The Labute approximate surface area is 417 Å². The number of ether oxygens (including phenoxy) is 3. The first-order valence-electron chi connectivity index (χ1n) is 23.8. The molecule has 4 amide bonds. The Bertz CT molecular complexity index is 2920. The summed E-state index contributed by atoms with van der Waals surface area (Å²) in [7, 11) is 6.79. The molecule has 0 spiro atoms. The fourth-order valence-electron chi connectivity index (χ4n) is 9.37. The van der Waals surface area contributed by atoms with Crippen molar-refractivity contribution >= 4 is 86.1 Å². The zero-order valence-electron chi connectivity index (χ0n) is 40.4. The number of fused-ring (bicyclic) bond motifs is 8. The van der Waals surface area contributed by atoms with Gasteiger partial charge in [-0.1, -0.05) is 64.9 Å². The number of methoxy groups -OCH3 is 1. The molecular weight excluding hydrogens is 921 g/mol. The maximum Gasteiger partial charge on any atom is 0.261 e. The first-order chi connectivity index (χ1) is 33.8. The number of carbonyl (C=O) groups is 4. The lowest BCUT2D eigenvalue weighted by Crippen LogP contribution is -2.37. The van der Waals surface area contributed by atoms with Crippen molar-refractivity contribution < 1.29 is 33.4 Å². The zero-order valence-corrected chi connectivity index (χ0v) is 42.0. The molecule has 70 heavy (non-hydrogen) atoms. The zero-order chi connectivity index (χ0) is 49.1. The van der Waals surface area contributed by atoms with E-state index in [1.807, 2.05) is 97.0 Å². The number of hydrogen-bond donors (Lipinski definition) is 2. The molecule has 0 radical (unpaired) electrons. The Kier molecular flexibility index (Phi) is 14.4. The van der Waals surface area contributed by atoms with Gasteiger partial charge in [0.1, 0.15) is 19.0 Å². The van der Waals surface area contributed by atoms with Gasteiger partial charge < -0.3 is 24.8 Å². The third-order valence-electron chi connectivity index (χ3n) is 13.1. The summed E-state index contributed by atoms with van der Waals surface area (Å²) in [6, 6.07) is 28.4. The Morgan fingerprint density at radius 2 is 1.33 bits per heavy atom. The molecule has 5 aromatic rings. The average molecular weight is 979 g/mol. The summed E-state index contributed by atoms with van der Waals surface area (Å²) in [5.41, 5.74) is 8.95. The number of aryl methyl sites for hydroxylation is 1. The van der Waals surface area contributed by atoms with E-state index in [9.17, 15) is 19.2 Å². The molecule has 9 rings (SSSR count). The second-order valence-corrected chi connectivity index (χ2v) is 22.2. The normalized spacial score (nSPS) is 16.8. The van der Waals surface area contributed by atoms with Crippen molar-refractivity contribution in [3.63, 3.8) is 0 Å². The Morgan fingerprint density at radius 3 is 1.93 bits per heavy atom. The fraction of sp³-hybridized carbons (Fsp3) is 0.345. The average Bonchev–Trinajstić information content (AvgIpc) is 3.85. The first kappa shape index (κ1) is 48.4. The molecule has 4 aliphatic rings. The van der Waals surface area contributed by atoms with Crippen LogP contribution in [0.4, 0.5) is 28.4 Å². The molecule has 362 valence electrons. The molecule has 0 aliphatic carbocycles. The number of nitrogens with zero attached hydrogens (tertiary/aromatic N) is 4. The van der Waals surface area contributed by atoms with Gasteiger partial charge in [0.05, 0.1) is 41.7 Å². The number of hydrogen-bond acceptors (Lipinski definition) is 11. The van der Waals surface area contributed by atoms with E-state index in [0.29, 0.717) is 82.8 Å². The van der Waals surface area contributed by atoms with Crippen molar-refractivity contribution in [1.82, 2.24) is 5.32 Å².